The number of carboxylic acid groups (broad SMARTS) is 1. The first-order valence-electron chi connectivity index (χ1n) is 7.80. The predicted octanol–water partition coefficient (Wildman–Crippen LogP) is 3.37. The number of urea groups is 1. The highest BCUT2D eigenvalue weighted by atomic mass is 35.5. The summed E-state index contributed by atoms with van der Waals surface area (Å²) >= 11 is 12.2. The van der Waals surface area contributed by atoms with E-state index in [9.17, 15) is 14.4 Å². The molecule has 0 fully saturated rings. The van der Waals surface area contributed by atoms with Gasteiger partial charge < -0.3 is 15.2 Å². The van der Waals surface area contributed by atoms with Crippen molar-refractivity contribution in [1.29, 1.82) is 0 Å². The standard InChI is InChI=1S/C17H18Cl2N2O5/c1-9-14(16(24)26-2)15(11-6-5-10(18)8-12(11)19)20-17(25)21(9)7-3-4-13(22)23/h5-6,8,15H,3-4,7H2,1-2H3,(H,20,25)(H,22,23)/t15-/m0/s1. The molecular formula is C17H18Cl2N2O5. The lowest BCUT2D eigenvalue weighted by atomic mass is 9.94. The highest BCUT2D eigenvalue weighted by Crippen LogP contribution is 2.35. The molecule has 1 aromatic carbocycles. The lowest BCUT2D eigenvalue weighted by molar-refractivity contribution is -0.138. The molecule has 2 rings (SSSR count). The van der Waals surface area contributed by atoms with E-state index in [1.165, 1.54) is 18.1 Å². The molecule has 0 aliphatic carbocycles. The topological polar surface area (TPSA) is 95.9 Å². The summed E-state index contributed by atoms with van der Waals surface area (Å²) in [5.74, 6) is -1.56. The number of carboxylic acids is 1. The fraction of sp³-hybridized carbons (Fsp3) is 0.353. The van der Waals surface area contributed by atoms with Crippen LogP contribution in [0.15, 0.2) is 29.5 Å². The van der Waals surface area contributed by atoms with Crippen LogP contribution in [0.2, 0.25) is 10.0 Å². The van der Waals surface area contributed by atoms with Crippen molar-refractivity contribution in [3.63, 3.8) is 0 Å². The van der Waals surface area contributed by atoms with Gasteiger partial charge >= 0.3 is 18.0 Å². The summed E-state index contributed by atoms with van der Waals surface area (Å²) in [7, 11) is 1.24. The number of carbonyl (C=O) groups excluding carboxylic acids is 2. The number of hydrogen-bond acceptors (Lipinski definition) is 4. The molecule has 0 saturated heterocycles. The molecule has 0 unspecified atom stereocenters. The number of allylic oxidation sites excluding steroid dienone is 1. The fourth-order valence-electron chi connectivity index (χ4n) is 2.78. The maximum absolute atomic E-state index is 12.5. The zero-order chi connectivity index (χ0) is 19.4. The van der Waals surface area contributed by atoms with Crippen molar-refractivity contribution in [2.75, 3.05) is 13.7 Å². The zero-order valence-electron chi connectivity index (χ0n) is 14.2. The van der Waals surface area contributed by atoms with E-state index in [0.717, 1.165) is 0 Å². The quantitative estimate of drug-likeness (QED) is 0.713. The Labute approximate surface area is 160 Å². The number of nitrogens with zero attached hydrogens (tertiary/aromatic N) is 1. The van der Waals surface area contributed by atoms with E-state index in [1.807, 2.05) is 0 Å². The molecule has 0 aromatic heterocycles. The van der Waals surface area contributed by atoms with Gasteiger partial charge in [0.25, 0.3) is 0 Å². The summed E-state index contributed by atoms with van der Waals surface area (Å²) in [5, 5.41) is 12.2. The fourth-order valence-corrected chi connectivity index (χ4v) is 3.30. The van der Waals surface area contributed by atoms with Crippen LogP contribution < -0.4 is 5.32 Å². The molecule has 1 atom stereocenters. The van der Waals surface area contributed by atoms with E-state index < -0.39 is 24.0 Å². The molecule has 26 heavy (non-hydrogen) atoms. The van der Waals surface area contributed by atoms with Crippen molar-refractivity contribution in [3.8, 4) is 0 Å². The minimum absolute atomic E-state index is 0.0863. The van der Waals surface area contributed by atoms with Crippen LogP contribution in [0.5, 0.6) is 0 Å². The Morgan fingerprint density at radius 2 is 2.04 bits per heavy atom. The van der Waals surface area contributed by atoms with E-state index in [4.69, 9.17) is 33.0 Å². The van der Waals surface area contributed by atoms with Gasteiger partial charge in [0.05, 0.1) is 18.7 Å². The van der Waals surface area contributed by atoms with Gasteiger partial charge in [0.2, 0.25) is 0 Å². The molecule has 9 heteroatoms. The van der Waals surface area contributed by atoms with Crippen LogP contribution in [-0.4, -0.2) is 41.6 Å². The lowest BCUT2D eigenvalue weighted by Crippen LogP contribution is -2.48. The number of ether oxygens (including phenoxy) is 1. The number of benzene rings is 1. The van der Waals surface area contributed by atoms with Crippen molar-refractivity contribution in [2.45, 2.75) is 25.8 Å². The molecular weight excluding hydrogens is 383 g/mol. The van der Waals surface area contributed by atoms with Crippen molar-refractivity contribution < 1.29 is 24.2 Å². The largest absolute Gasteiger partial charge is 0.481 e. The highest BCUT2D eigenvalue weighted by Gasteiger charge is 2.36. The van der Waals surface area contributed by atoms with Crippen molar-refractivity contribution in [1.82, 2.24) is 10.2 Å². The zero-order valence-corrected chi connectivity index (χ0v) is 15.7. The van der Waals surface area contributed by atoms with Crippen molar-refractivity contribution >= 4 is 41.2 Å². The van der Waals surface area contributed by atoms with Gasteiger partial charge in [0.15, 0.2) is 0 Å². The summed E-state index contributed by atoms with van der Waals surface area (Å²) in [4.78, 5) is 36.9. The second-order valence-electron chi connectivity index (χ2n) is 5.69. The minimum atomic E-state index is -0.955. The van der Waals surface area contributed by atoms with Gasteiger partial charge in [-0.15, -0.1) is 0 Å². The normalized spacial score (nSPS) is 17.2. The predicted molar refractivity (Wildman–Crippen MR) is 96.0 cm³/mol. The molecule has 1 aliphatic rings. The van der Waals surface area contributed by atoms with E-state index in [-0.39, 0.29) is 25.0 Å². The van der Waals surface area contributed by atoms with Gasteiger partial charge in [-0.1, -0.05) is 29.3 Å². The maximum atomic E-state index is 12.5. The molecule has 7 nitrogen and oxygen atoms in total. The number of hydrogen-bond donors (Lipinski definition) is 2. The Morgan fingerprint density at radius 3 is 2.62 bits per heavy atom. The minimum Gasteiger partial charge on any atom is -0.481 e. The second-order valence-corrected chi connectivity index (χ2v) is 6.53. The SMILES string of the molecule is COC(=O)C1=C(C)N(CCCC(=O)O)C(=O)N[C@H]1c1ccc(Cl)cc1Cl. The van der Waals surface area contributed by atoms with Gasteiger partial charge in [0, 0.05) is 28.7 Å². The molecule has 1 aromatic rings. The van der Waals surface area contributed by atoms with Crippen LogP contribution in [0.4, 0.5) is 4.79 Å². The molecule has 2 amide bonds. The first-order valence-corrected chi connectivity index (χ1v) is 8.55. The number of halogens is 2. The molecule has 0 radical (unpaired) electrons. The van der Waals surface area contributed by atoms with Crippen LogP contribution >= 0.6 is 23.2 Å². The van der Waals surface area contributed by atoms with Gasteiger partial charge in [0.1, 0.15) is 0 Å². The number of amides is 2. The molecule has 1 heterocycles. The van der Waals surface area contributed by atoms with Crippen LogP contribution in [-0.2, 0) is 14.3 Å². The van der Waals surface area contributed by atoms with Crippen LogP contribution in [0.1, 0.15) is 31.4 Å². The van der Waals surface area contributed by atoms with Crippen molar-refractivity contribution in [2.24, 2.45) is 0 Å². The van der Waals surface area contributed by atoms with Gasteiger partial charge in [-0.3, -0.25) is 9.69 Å². The van der Waals surface area contributed by atoms with E-state index in [0.29, 0.717) is 21.3 Å². The summed E-state index contributed by atoms with van der Waals surface area (Å²) in [6.07, 6.45) is 0.165. The van der Waals surface area contributed by atoms with Crippen LogP contribution in [0, 0.1) is 0 Å². The number of rotatable bonds is 6. The molecule has 1 aliphatic heterocycles. The Hall–Kier alpha value is -2.25. The van der Waals surface area contributed by atoms with E-state index >= 15 is 0 Å². The Morgan fingerprint density at radius 1 is 1.35 bits per heavy atom. The summed E-state index contributed by atoms with van der Waals surface area (Å²) < 4.78 is 4.86. The number of methoxy groups -OCH3 is 1. The van der Waals surface area contributed by atoms with Gasteiger partial charge in [-0.25, -0.2) is 9.59 Å². The van der Waals surface area contributed by atoms with E-state index in [2.05, 4.69) is 5.32 Å². The molecule has 2 N–H and O–H groups in total. The Balaban J connectivity index is 2.43. The smallest absolute Gasteiger partial charge is 0.337 e. The molecule has 0 spiro atoms. The monoisotopic (exact) mass is 400 g/mol. The van der Waals surface area contributed by atoms with E-state index in [1.54, 1.807) is 19.1 Å². The molecule has 0 saturated carbocycles. The summed E-state index contributed by atoms with van der Waals surface area (Å²) in [6.45, 7) is 1.77. The summed E-state index contributed by atoms with van der Waals surface area (Å²) in [6, 6.07) is 3.52. The lowest BCUT2D eigenvalue weighted by Gasteiger charge is -2.35. The van der Waals surface area contributed by atoms with Gasteiger partial charge in [-0.2, -0.15) is 0 Å². The third-order valence-corrected chi connectivity index (χ3v) is 4.61. The Kier molecular flexibility index (Phi) is 6.50. The van der Waals surface area contributed by atoms with Crippen LogP contribution in [0.25, 0.3) is 0 Å². The van der Waals surface area contributed by atoms with Gasteiger partial charge in [-0.05, 0) is 31.0 Å². The average Bonchev–Trinajstić information content (AvgIpc) is 2.56. The average molecular weight is 401 g/mol. The molecule has 140 valence electrons. The third kappa shape index (κ3) is 4.28. The number of nitrogens with one attached hydrogen (secondary N) is 1. The Bertz CT molecular complexity index is 778. The number of aliphatic carboxylic acids is 1. The third-order valence-electron chi connectivity index (χ3n) is 4.05. The van der Waals surface area contributed by atoms with Crippen LogP contribution in [0.3, 0.4) is 0 Å². The van der Waals surface area contributed by atoms with Crippen molar-refractivity contribution in [3.05, 3.63) is 45.1 Å². The molecule has 0 bridgehead atoms. The number of esters is 1. The first-order chi connectivity index (χ1) is 12.3. The first kappa shape index (κ1) is 20.1. The number of carbonyl (C=O) groups is 3. The maximum Gasteiger partial charge on any atom is 0.337 e. The highest BCUT2D eigenvalue weighted by molar-refractivity contribution is 6.35. The summed E-state index contributed by atoms with van der Waals surface area (Å²) in [5.41, 5.74) is 1.13. The second kappa shape index (κ2) is 8.42.